The van der Waals surface area contributed by atoms with Crippen molar-refractivity contribution in [1.29, 1.82) is 0 Å². The predicted molar refractivity (Wildman–Crippen MR) is 137 cm³/mol. The predicted octanol–water partition coefficient (Wildman–Crippen LogP) is 5.30. The number of anilines is 1. The molecule has 0 fully saturated rings. The molecular weight excluding hydrogens is 489 g/mol. The van der Waals surface area contributed by atoms with Gasteiger partial charge in [0.2, 0.25) is 17.7 Å². The van der Waals surface area contributed by atoms with Crippen LogP contribution in [-0.2, 0) is 0 Å². The molecular formula is C24H19Cl2N7O2. The summed E-state index contributed by atoms with van der Waals surface area (Å²) in [6.45, 7) is 4.18. The standard InChI is InChI=1S/C24H19Cl2N7O2/c1-15(19-8-7-17(25)14-29-19)33(20-6-4-3-5-18(20)26)21(30-27)9-10-22-31-32-24(35-22)16-11-12-28-23(13-16)34-2/h3-14H,1,27H2,2H3/b10-9+,30-21-. The van der Waals surface area contributed by atoms with Gasteiger partial charge < -0.3 is 15.0 Å². The number of ether oxygens (including phenoxy) is 1. The Balaban J connectivity index is 1.67. The highest BCUT2D eigenvalue weighted by Gasteiger charge is 2.20. The van der Waals surface area contributed by atoms with Gasteiger partial charge in [0.25, 0.3) is 0 Å². The minimum Gasteiger partial charge on any atom is -0.481 e. The Bertz CT molecular complexity index is 1400. The van der Waals surface area contributed by atoms with Crippen LogP contribution in [0.15, 0.2) is 83.1 Å². The van der Waals surface area contributed by atoms with E-state index >= 15 is 0 Å². The number of hydrogen-bond acceptors (Lipinski definition) is 8. The van der Waals surface area contributed by atoms with Crippen LogP contribution in [0.25, 0.3) is 23.2 Å². The van der Waals surface area contributed by atoms with E-state index in [4.69, 9.17) is 38.2 Å². The minimum atomic E-state index is 0.228. The lowest BCUT2D eigenvalue weighted by Gasteiger charge is -2.26. The van der Waals surface area contributed by atoms with E-state index < -0.39 is 0 Å². The third-order valence-electron chi connectivity index (χ3n) is 4.75. The molecule has 0 spiro atoms. The van der Waals surface area contributed by atoms with Crippen molar-refractivity contribution in [3.63, 3.8) is 0 Å². The van der Waals surface area contributed by atoms with E-state index in [2.05, 4.69) is 31.8 Å². The minimum absolute atomic E-state index is 0.228. The Morgan fingerprint density at radius 1 is 1.14 bits per heavy atom. The number of halogens is 2. The highest BCUT2D eigenvalue weighted by Crippen LogP contribution is 2.32. The van der Waals surface area contributed by atoms with Crippen LogP contribution in [0.1, 0.15) is 11.6 Å². The summed E-state index contributed by atoms with van der Waals surface area (Å²) in [5.41, 5.74) is 2.28. The summed E-state index contributed by atoms with van der Waals surface area (Å²) in [4.78, 5) is 10.1. The van der Waals surface area contributed by atoms with Gasteiger partial charge in [0.15, 0.2) is 5.84 Å². The van der Waals surface area contributed by atoms with E-state index in [1.165, 1.54) is 13.3 Å². The summed E-state index contributed by atoms with van der Waals surface area (Å²) in [6, 6.07) is 14.1. The number of benzene rings is 1. The Labute approximate surface area is 211 Å². The maximum absolute atomic E-state index is 6.49. The van der Waals surface area contributed by atoms with Gasteiger partial charge in [-0.3, -0.25) is 9.88 Å². The third-order valence-corrected chi connectivity index (χ3v) is 5.30. The van der Waals surface area contributed by atoms with E-state index in [0.717, 1.165) is 0 Å². The smallest absolute Gasteiger partial charge is 0.248 e. The van der Waals surface area contributed by atoms with Crippen molar-refractivity contribution in [2.75, 3.05) is 12.0 Å². The Morgan fingerprint density at radius 2 is 1.97 bits per heavy atom. The van der Waals surface area contributed by atoms with Crippen LogP contribution < -0.4 is 15.5 Å². The monoisotopic (exact) mass is 507 g/mol. The Kier molecular flexibility index (Phi) is 7.39. The number of pyridine rings is 2. The number of para-hydroxylation sites is 1. The highest BCUT2D eigenvalue weighted by molar-refractivity contribution is 6.35. The molecule has 11 heteroatoms. The zero-order valence-corrected chi connectivity index (χ0v) is 20.0. The topological polar surface area (TPSA) is 116 Å². The van der Waals surface area contributed by atoms with Crippen molar-refractivity contribution in [2.24, 2.45) is 10.9 Å². The summed E-state index contributed by atoms with van der Waals surface area (Å²) in [7, 11) is 1.53. The van der Waals surface area contributed by atoms with Gasteiger partial charge in [-0.25, -0.2) is 4.98 Å². The van der Waals surface area contributed by atoms with Crippen molar-refractivity contribution in [2.45, 2.75) is 0 Å². The van der Waals surface area contributed by atoms with Crippen LogP contribution >= 0.6 is 23.2 Å². The fraction of sp³-hybridized carbons (Fsp3) is 0.0417. The number of methoxy groups -OCH3 is 1. The molecule has 176 valence electrons. The molecule has 4 rings (SSSR count). The molecule has 35 heavy (non-hydrogen) atoms. The number of nitrogens with two attached hydrogens (primary N) is 1. The number of aromatic nitrogens is 4. The zero-order valence-electron chi connectivity index (χ0n) is 18.5. The molecule has 0 amide bonds. The molecule has 0 radical (unpaired) electrons. The van der Waals surface area contributed by atoms with E-state index in [1.54, 1.807) is 53.6 Å². The van der Waals surface area contributed by atoms with Gasteiger partial charge in [-0.15, -0.1) is 10.2 Å². The molecule has 0 bridgehead atoms. The van der Waals surface area contributed by atoms with E-state index in [1.807, 2.05) is 18.2 Å². The van der Waals surface area contributed by atoms with Gasteiger partial charge in [0, 0.05) is 30.1 Å². The van der Waals surface area contributed by atoms with Crippen molar-refractivity contribution >= 4 is 46.5 Å². The van der Waals surface area contributed by atoms with Gasteiger partial charge in [-0.05, 0) is 36.4 Å². The second-order valence-corrected chi connectivity index (χ2v) is 7.79. The quantitative estimate of drug-likeness (QED) is 0.155. The fourth-order valence-corrected chi connectivity index (χ4v) is 3.43. The lowest BCUT2D eigenvalue weighted by molar-refractivity contribution is 0.398. The van der Waals surface area contributed by atoms with Crippen molar-refractivity contribution in [1.82, 2.24) is 20.2 Å². The highest BCUT2D eigenvalue weighted by atomic mass is 35.5. The summed E-state index contributed by atoms with van der Waals surface area (Å²) < 4.78 is 10.9. The van der Waals surface area contributed by atoms with Gasteiger partial charge in [0.05, 0.1) is 34.2 Å². The Morgan fingerprint density at radius 3 is 2.69 bits per heavy atom. The maximum Gasteiger partial charge on any atom is 0.248 e. The lowest BCUT2D eigenvalue weighted by Crippen LogP contribution is -2.29. The first kappa shape index (κ1) is 23.9. The van der Waals surface area contributed by atoms with Crippen LogP contribution in [0.4, 0.5) is 5.69 Å². The second-order valence-electron chi connectivity index (χ2n) is 6.95. The van der Waals surface area contributed by atoms with Crippen LogP contribution in [0.2, 0.25) is 10.0 Å². The molecule has 0 saturated heterocycles. The first-order valence-corrected chi connectivity index (χ1v) is 10.9. The van der Waals surface area contributed by atoms with Crippen LogP contribution in [-0.4, -0.2) is 33.1 Å². The second kappa shape index (κ2) is 10.8. The molecule has 1 aromatic carbocycles. The molecule has 0 atom stereocenters. The molecule has 9 nitrogen and oxygen atoms in total. The van der Waals surface area contributed by atoms with Crippen LogP contribution in [0.5, 0.6) is 5.88 Å². The van der Waals surface area contributed by atoms with E-state index in [-0.39, 0.29) is 5.89 Å². The average molecular weight is 508 g/mol. The Hall–Kier alpha value is -4.21. The summed E-state index contributed by atoms with van der Waals surface area (Å²) in [5.74, 6) is 7.03. The molecule has 3 heterocycles. The van der Waals surface area contributed by atoms with Gasteiger partial charge in [-0.2, -0.15) is 5.10 Å². The molecule has 0 unspecified atom stereocenters. The molecule has 0 aliphatic heterocycles. The number of nitrogens with zero attached hydrogens (tertiary/aromatic N) is 6. The van der Waals surface area contributed by atoms with Crippen LogP contribution in [0, 0.1) is 0 Å². The first-order chi connectivity index (χ1) is 17.0. The SMILES string of the molecule is C=C(c1ccc(Cl)cn1)N(C(/C=C/c1nnc(-c2ccnc(OC)c2)o1)=N\N)c1ccccc1Cl. The molecule has 4 aromatic rings. The van der Waals surface area contributed by atoms with Crippen molar-refractivity contribution < 1.29 is 9.15 Å². The van der Waals surface area contributed by atoms with E-state index in [9.17, 15) is 0 Å². The zero-order chi connectivity index (χ0) is 24.8. The normalized spacial score (nSPS) is 11.6. The van der Waals surface area contributed by atoms with Gasteiger partial charge in [-0.1, -0.05) is 41.9 Å². The molecule has 3 aromatic heterocycles. The van der Waals surface area contributed by atoms with E-state index in [0.29, 0.717) is 50.3 Å². The van der Waals surface area contributed by atoms with Crippen LogP contribution in [0.3, 0.4) is 0 Å². The molecule has 0 saturated carbocycles. The number of amidine groups is 1. The summed E-state index contributed by atoms with van der Waals surface area (Å²) in [6.07, 6.45) is 6.29. The van der Waals surface area contributed by atoms with Crippen molar-refractivity contribution in [3.8, 4) is 17.3 Å². The molecule has 0 aliphatic carbocycles. The number of hydrogen-bond donors (Lipinski definition) is 1. The molecule has 0 aliphatic rings. The van der Waals surface area contributed by atoms with Gasteiger partial charge >= 0.3 is 0 Å². The fourth-order valence-electron chi connectivity index (χ4n) is 3.10. The third kappa shape index (κ3) is 5.48. The summed E-state index contributed by atoms with van der Waals surface area (Å²) in [5, 5.41) is 13.0. The largest absolute Gasteiger partial charge is 0.481 e. The van der Waals surface area contributed by atoms with Gasteiger partial charge in [0.1, 0.15) is 0 Å². The lowest BCUT2D eigenvalue weighted by atomic mass is 10.2. The first-order valence-electron chi connectivity index (χ1n) is 10.2. The number of rotatable bonds is 7. The maximum atomic E-state index is 6.49. The molecule has 2 N–H and O–H groups in total. The summed E-state index contributed by atoms with van der Waals surface area (Å²) >= 11 is 12.5. The average Bonchev–Trinajstić information content (AvgIpc) is 3.36. The number of hydrazone groups is 1. The van der Waals surface area contributed by atoms with Crippen molar-refractivity contribution in [3.05, 3.63) is 95.2 Å².